The molecular weight excluding hydrogens is 469 g/mol. The number of carboxylic acid groups (broad SMARTS) is 1. The van der Waals surface area contributed by atoms with E-state index in [4.69, 9.17) is 14.6 Å². The van der Waals surface area contributed by atoms with Crippen LogP contribution >= 0.6 is 0 Å². The van der Waals surface area contributed by atoms with E-state index in [1.807, 2.05) is 53.8 Å². The predicted molar refractivity (Wildman–Crippen MR) is 119 cm³/mol. The van der Waals surface area contributed by atoms with Gasteiger partial charge in [0.2, 0.25) is 5.91 Å². The molecular formula is C24H25F3N2O6. The first-order valence-corrected chi connectivity index (χ1v) is 10.8. The van der Waals surface area contributed by atoms with Crippen molar-refractivity contribution in [2.75, 3.05) is 20.3 Å². The Morgan fingerprint density at radius 2 is 1.54 bits per heavy atom. The fourth-order valence-electron chi connectivity index (χ4n) is 3.99. The Morgan fingerprint density at radius 1 is 0.971 bits per heavy atom. The van der Waals surface area contributed by atoms with Crippen LogP contribution in [0.3, 0.4) is 0 Å². The summed E-state index contributed by atoms with van der Waals surface area (Å²) in [5, 5.41) is 13.2. The van der Waals surface area contributed by atoms with Crippen LogP contribution in [-0.4, -0.2) is 61.7 Å². The monoisotopic (exact) mass is 494 g/mol. The molecule has 1 aliphatic carbocycles. The highest BCUT2D eigenvalue weighted by molar-refractivity contribution is 5.89. The number of hydrogen-bond donors (Lipinski definition) is 3. The third kappa shape index (κ3) is 6.72. The average molecular weight is 494 g/mol. The fraction of sp³-hybridized carbons (Fsp3) is 0.375. The summed E-state index contributed by atoms with van der Waals surface area (Å²) in [6.07, 6.45) is -7.63. The minimum atomic E-state index is -4.81. The number of ether oxygens (including phenoxy) is 2. The van der Waals surface area contributed by atoms with Crippen LogP contribution in [0.25, 0.3) is 11.1 Å². The lowest BCUT2D eigenvalue weighted by atomic mass is 9.98. The molecule has 0 bridgehead atoms. The quantitative estimate of drug-likeness (QED) is 0.466. The molecule has 2 unspecified atom stereocenters. The zero-order valence-corrected chi connectivity index (χ0v) is 18.8. The number of fused-ring (bicyclic) bond motifs is 3. The minimum Gasteiger partial charge on any atom is -0.480 e. The maximum Gasteiger partial charge on any atom is 0.407 e. The van der Waals surface area contributed by atoms with Crippen molar-refractivity contribution in [3.8, 4) is 11.1 Å². The number of alkyl carbamates (subject to hydrolysis) is 1. The fourth-order valence-corrected chi connectivity index (χ4v) is 3.99. The van der Waals surface area contributed by atoms with Gasteiger partial charge in [0.1, 0.15) is 18.7 Å². The zero-order chi connectivity index (χ0) is 25.6. The number of halogens is 3. The molecule has 2 aromatic carbocycles. The summed E-state index contributed by atoms with van der Waals surface area (Å²) in [6.45, 7) is -0.0525. The Morgan fingerprint density at radius 3 is 2.06 bits per heavy atom. The molecule has 0 saturated carbocycles. The molecule has 2 amide bonds. The molecule has 0 aromatic heterocycles. The van der Waals surface area contributed by atoms with Crippen LogP contribution in [-0.2, 0) is 19.1 Å². The summed E-state index contributed by atoms with van der Waals surface area (Å²) in [5.74, 6) is -3.17. The summed E-state index contributed by atoms with van der Waals surface area (Å²) in [7, 11) is 1.34. The van der Waals surface area contributed by atoms with Gasteiger partial charge in [0, 0.05) is 26.1 Å². The van der Waals surface area contributed by atoms with Crippen molar-refractivity contribution in [3.05, 3.63) is 59.7 Å². The number of amides is 2. The SMILES string of the molecule is COCCC(NC(=O)OCC1c2ccccc2-c2ccccc21)C(=O)NC(CC(F)(F)F)C(=O)O. The molecule has 3 rings (SSSR count). The number of nitrogens with one attached hydrogen (secondary N) is 2. The van der Waals surface area contributed by atoms with E-state index in [1.165, 1.54) is 7.11 Å². The molecule has 0 heterocycles. The van der Waals surface area contributed by atoms with E-state index >= 15 is 0 Å². The Bertz CT molecular complexity index is 1030. The molecule has 3 N–H and O–H groups in total. The zero-order valence-electron chi connectivity index (χ0n) is 18.8. The first-order valence-electron chi connectivity index (χ1n) is 10.8. The van der Waals surface area contributed by atoms with Gasteiger partial charge in [-0.25, -0.2) is 9.59 Å². The van der Waals surface area contributed by atoms with Crippen molar-refractivity contribution >= 4 is 18.0 Å². The predicted octanol–water partition coefficient (Wildman–Crippen LogP) is 3.45. The highest BCUT2D eigenvalue weighted by atomic mass is 19.4. The number of hydrogen-bond acceptors (Lipinski definition) is 5. The molecule has 1 aliphatic rings. The molecule has 35 heavy (non-hydrogen) atoms. The summed E-state index contributed by atoms with van der Waals surface area (Å²) in [5.41, 5.74) is 4.01. The van der Waals surface area contributed by atoms with Crippen molar-refractivity contribution in [1.29, 1.82) is 0 Å². The molecule has 188 valence electrons. The normalized spacial score (nSPS) is 14.4. The Kier molecular flexibility index (Phi) is 8.34. The van der Waals surface area contributed by atoms with Crippen molar-refractivity contribution in [1.82, 2.24) is 10.6 Å². The number of carbonyl (C=O) groups excluding carboxylic acids is 2. The van der Waals surface area contributed by atoms with Gasteiger partial charge in [0.25, 0.3) is 0 Å². The van der Waals surface area contributed by atoms with E-state index in [9.17, 15) is 27.6 Å². The van der Waals surface area contributed by atoms with Crippen LogP contribution in [0.2, 0.25) is 0 Å². The summed E-state index contributed by atoms with van der Waals surface area (Å²) in [6, 6.07) is 11.8. The number of rotatable bonds is 10. The summed E-state index contributed by atoms with van der Waals surface area (Å²) < 4.78 is 48.3. The van der Waals surface area contributed by atoms with Crippen molar-refractivity contribution in [2.24, 2.45) is 0 Å². The molecule has 0 aliphatic heterocycles. The van der Waals surface area contributed by atoms with E-state index in [-0.39, 0.29) is 25.6 Å². The molecule has 8 nitrogen and oxygen atoms in total. The Balaban J connectivity index is 1.66. The number of benzene rings is 2. The topological polar surface area (TPSA) is 114 Å². The molecule has 0 spiro atoms. The number of alkyl halides is 3. The standard InChI is InChI=1S/C24H25F3N2O6/c1-34-11-10-19(21(30)28-20(22(31)32)12-24(25,26)27)29-23(33)35-13-18-16-8-4-2-6-14(16)15-7-3-5-9-17(15)18/h2-9,18-20H,10-13H2,1H3,(H,28,30)(H,29,33)(H,31,32). The summed E-state index contributed by atoms with van der Waals surface area (Å²) >= 11 is 0. The molecule has 2 atom stereocenters. The average Bonchev–Trinajstić information content (AvgIpc) is 3.12. The molecule has 0 saturated heterocycles. The smallest absolute Gasteiger partial charge is 0.407 e. The third-order valence-electron chi connectivity index (χ3n) is 5.61. The Hall–Kier alpha value is -3.60. The molecule has 11 heteroatoms. The van der Waals surface area contributed by atoms with Gasteiger partial charge in [-0.05, 0) is 22.3 Å². The second-order valence-corrected chi connectivity index (χ2v) is 8.02. The lowest BCUT2D eigenvalue weighted by Crippen LogP contribution is -2.53. The van der Waals surface area contributed by atoms with E-state index in [0.717, 1.165) is 22.3 Å². The van der Waals surface area contributed by atoms with E-state index in [0.29, 0.717) is 0 Å². The van der Waals surface area contributed by atoms with Gasteiger partial charge in [-0.1, -0.05) is 48.5 Å². The van der Waals surface area contributed by atoms with Crippen molar-refractivity contribution in [2.45, 2.75) is 37.0 Å². The molecule has 2 aromatic rings. The maximum atomic E-state index is 12.7. The summed E-state index contributed by atoms with van der Waals surface area (Å²) in [4.78, 5) is 36.2. The van der Waals surface area contributed by atoms with E-state index in [2.05, 4.69) is 5.32 Å². The van der Waals surface area contributed by atoms with Gasteiger partial charge < -0.3 is 25.2 Å². The van der Waals surface area contributed by atoms with Gasteiger partial charge in [0.05, 0.1) is 6.42 Å². The largest absolute Gasteiger partial charge is 0.480 e. The molecule has 0 fully saturated rings. The third-order valence-corrected chi connectivity index (χ3v) is 5.61. The number of carboxylic acids is 1. The highest BCUT2D eigenvalue weighted by Crippen LogP contribution is 2.44. The number of aliphatic carboxylic acids is 1. The molecule has 0 radical (unpaired) electrons. The van der Waals surface area contributed by atoms with Crippen molar-refractivity contribution < 1.29 is 42.1 Å². The van der Waals surface area contributed by atoms with Gasteiger partial charge in [-0.15, -0.1) is 0 Å². The van der Waals surface area contributed by atoms with Gasteiger partial charge in [-0.3, -0.25) is 4.79 Å². The maximum absolute atomic E-state index is 12.7. The van der Waals surface area contributed by atoms with Gasteiger partial charge >= 0.3 is 18.2 Å². The van der Waals surface area contributed by atoms with Crippen LogP contribution in [0.1, 0.15) is 29.9 Å². The van der Waals surface area contributed by atoms with Crippen LogP contribution < -0.4 is 10.6 Å². The first kappa shape index (κ1) is 26.0. The highest BCUT2D eigenvalue weighted by Gasteiger charge is 2.37. The van der Waals surface area contributed by atoms with Gasteiger partial charge in [-0.2, -0.15) is 13.2 Å². The Labute approximate surface area is 199 Å². The minimum absolute atomic E-state index is 0.0151. The van der Waals surface area contributed by atoms with E-state index in [1.54, 1.807) is 0 Å². The lowest BCUT2D eigenvalue weighted by molar-refractivity contribution is -0.160. The van der Waals surface area contributed by atoms with Crippen LogP contribution in [0.4, 0.5) is 18.0 Å². The lowest BCUT2D eigenvalue weighted by Gasteiger charge is -2.22. The number of carbonyl (C=O) groups is 3. The van der Waals surface area contributed by atoms with Crippen molar-refractivity contribution in [3.63, 3.8) is 0 Å². The van der Waals surface area contributed by atoms with Crippen LogP contribution in [0, 0.1) is 0 Å². The second-order valence-electron chi connectivity index (χ2n) is 8.02. The van der Waals surface area contributed by atoms with Crippen LogP contribution in [0.5, 0.6) is 0 Å². The second kappa shape index (κ2) is 11.2. The van der Waals surface area contributed by atoms with Gasteiger partial charge in [0.15, 0.2) is 0 Å². The van der Waals surface area contributed by atoms with E-state index < -0.39 is 42.7 Å². The van der Waals surface area contributed by atoms with Crippen LogP contribution in [0.15, 0.2) is 48.5 Å². The first-order chi connectivity index (χ1) is 16.6. The number of methoxy groups -OCH3 is 1.